The van der Waals surface area contributed by atoms with E-state index in [0.717, 1.165) is 9.15 Å². The molecule has 8 heteroatoms. The predicted molar refractivity (Wildman–Crippen MR) is 133 cm³/mol. The number of carbonyl (C=O) groups is 2. The van der Waals surface area contributed by atoms with E-state index in [1.54, 1.807) is 36.4 Å². The molecule has 3 aromatic carbocycles. The third-order valence-corrected chi connectivity index (χ3v) is 5.61. The van der Waals surface area contributed by atoms with Crippen molar-refractivity contribution in [2.24, 2.45) is 0 Å². The van der Waals surface area contributed by atoms with Crippen molar-refractivity contribution in [1.82, 2.24) is 9.78 Å². The van der Waals surface area contributed by atoms with E-state index < -0.39 is 17.4 Å². The molecule has 0 unspecified atom stereocenters. The molecule has 170 valence electrons. The van der Waals surface area contributed by atoms with Crippen LogP contribution in [0.25, 0.3) is 22.4 Å². The standard InChI is InChI=1S/C26H20BrN3O4/c1-34-26(33)23-22(17-8-4-2-5-9-17)24(18-10-6-3-7-11-18)29-30(25(23)32)16-21(31)28-20-14-12-19(27)13-15-20/h2-15H,16H2,1H3,(H,28,31). The summed E-state index contributed by atoms with van der Waals surface area (Å²) in [7, 11) is 1.21. The summed E-state index contributed by atoms with van der Waals surface area (Å²) in [6.07, 6.45) is 0. The average Bonchev–Trinajstić information content (AvgIpc) is 2.87. The predicted octanol–water partition coefficient (Wildman–Crippen LogP) is 4.77. The van der Waals surface area contributed by atoms with Crippen LogP contribution in [0.2, 0.25) is 0 Å². The zero-order valence-electron chi connectivity index (χ0n) is 18.2. The highest BCUT2D eigenvalue weighted by molar-refractivity contribution is 9.10. The second kappa shape index (κ2) is 10.3. The second-order valence-electron chi connectivity index (χ2n) is 7.34. The molecular formula is C26H20BrN3O4. The molecule has 0 atom stereocenters. The maximum absolute atomic E-state index is 13.4. The maximum Gasteiger partial charge on any atom is 0.344 e. The van der Waals surface area contributed by atoms with Gasteiger partial charge in [-0.1, -0.05) is 76.6 Å². The Morgan fingerprint density at radius 3 is 2.09 bits per heavy atom. The number of hydrogen-bond acceptors (Lipinski definition) is 5. The number of methoxy groups -OCH3 is 1. The van der Waals surface area contributed by atoms with Crippen LogP contribution in [0.15, 0.2) is 94.2 Å². The summed E-state index contributed by atoms with van der Waals surface area (Å²) in [6.45, 7) is -0.381. The van der Waals surface area contributed by atoms with E-state index in [2.05, 4.69) is 26.3 Å². The smallest absolute Gasteiger partial charge is 0.344 e. The molecule has 4 rings (SSSR count). The minimum Gasteiger partial charge on any atom is -0.465 e. The quantitative estimate of drug-likeness (QED) is 0.372. The molecule has 0 aliphatic carbocycles. The topological polar surface area (TPSA) is 90.3 Å². The van der Waals surface area contributed by atoms with Crippen molar-refractivity contribution >= 4 is 33.5 Å². The average molecular weight is 518 g/mol. The van der Waals surface area contributed by atoms with Gasteiger partial charge in [0, 0.05) is 21.3 Å². The maximum atomic E-state index is 13.4. The molecule has 0 fully saturated rings. The SMILES string of the molecule is COC(=O)c1c(-c2ccccc2)c(-c2ccccc2)nn(CC(=O)Nc2ccc(Br)cc2)c1=O. The monoisotopic (exact) mass is 517 g/mol. The van der Waals surface area contributed by atoms with Crippen LogP contribution in [0, 0.1) is 0 Å². The van der Waals surface area contributed by atoms with Gasteiger partial charge < -0.3 is 10.1 Å². The van der Waals surface area contributed by atoms with Crippen molar-refractivity contribution in [3.63, 3.8) is 0 Å². The third-order valence-electron chi connectivity index (χ3n) is 5.08. The van der Waals surface area contributed by atoms with Gasteiger partial charge in [0.05, 0.1) is 12.8 Å². The van der Waals surface area contributed by atoms with Gasteiger partial charge in [-0.2, -0.15) is 5.10 Å². The number of nitrogens with one attached hydrogen (secondary N) is 1. The number of anilines is 1. The van der Waals surface area contributed by atoms with E-state index in [-0.39, 0.29) is 12.1 Å². The van der Waals surface area contributed by atoms with Gasteiger partial charge in [-0.15, -0.1) is 0 Å². The Bertz CT molecular complexity index is 1390. The van der Waals surface area contributed by atoms with Gasteiger partial charge in [0.25, 0.3) is 5.56 Å². The van der Waals surface area contributed by atoms with E-state index in [0.29, 0.717) is 28.1 Å². The minimum atomic E-state index is -0.800. The summed E-state index contributed by atoms with van der Waals surface area (Å²) in [4.78, 5) is 38.9. The van der Waals surface area contributed by atoms with Crippen LogP contribution < -0.4 is 10.9 Å². The molecular weight excluding hydrogens is 498 g/mol. The van der Waals surface area contributed by atoms with Gasteiger partial charge in [-0.3, -0.25) is 9.59 Å². The van der Waals surface area contributed by atoms with Gasteiger partial charge in [0.2, 0.25) is 5.91 Å². The van der Waals surface area contributed by atoms with Gasteiger partial charge in [-0.25, -0.2) is 9.48 Å². The van der Waals surface area contributed by atoms with E-state index in [9.17, 15) is 14.4 Å². The highest BCUT2D eigenvalue weighted by Gasteiger charge is 2.26. The molecule has 34 heavy (non-hydrogen) atoms. The molecule has 0 saturated carbocycles. The third kappa shape index (κ3) is 4.97. The first-order chi connectivity index (χ1) is 16.5. The van der Waals surface area contributed by atoms with E-state index >= 15 is 0 Å². The van der Waals surface area contributed by atoms with Crippen molar-refractivity contribution in [3.8, 4) is 22.4 Å². The summed E-state index contributed by atoms with van der Waals surface area (Å²) in [6, 6.07) is 25.2. The van der Waals surface area contributed by atoms with Crippen molar-refractivity contribution in [1.29, 1.82) is 0 Å². The van der Waals surface area contributed by atoms with Gasteiger partial charge in [-0.05, 0) is 29.8 Å². The summed E-state index contributed by atoms with van der Waals surface area (Å²) in [5, 5.41) is 7.26. The van der Waals surface area contributed by atoms with E-state index in [4.69, 9.17) is 4.74 Å². The second-order valence-corrected chi connectivity index (χ2v) is 8.26. The molecule has 1 amide bonds. The molecule has 1 heterocycles. The number of esters is 1. The van der Waals surface area contributed by atoms with E-state index in [1.165, 1.54) is 7.11 Å². The molecule has 0 saturated heterocycles. The fraction of sp³-hybridized carbons (Fsp3) is 0.0769. The van der Waals surface area contributed by atoms with Gasteiger partial charge in [0.1, 0.15) is 12.1 Å². The summed E-state index contributed by atoms with van der Waals surface area (Å²) >= 11 is 3.35. The zero-order chi connectivity index (χ0) is 24.1. The molecule has 0 bridgehead atoms. The summed E-state index contributed by atoms with van der Waals surface area (Å²) < 4.78 is 6.82. The number of rotatable bonds is 6. The minimum absolute atomic E-state index is 0.181. The first-order valence-corrected chi connectivity index (χ1v) is 11.2. The number of benzene rings is 3. The Kier molecular flexibility index (Phi) is 6.98. The lowest BCUT2D eigenvalue weighted by Crippen LogP contribution is -2.34. The van der Waals surface area contributed by atoms with Crippen molar-refractivity contribution in [2.45, 2.75) is 6.54 Å². The zero-order valence-corrected chi connectivity index (χ0v) is 19.8. The number of aromatic nitrogens is 2. The van der Waals surface area contributed by atoms with Crippen LogP contribution >= 0.6 is 15.9 Å². The van der Waals surface area contributed by atoms with Crippen LogP contribution in [0.5, 0.6) is 0 Å². The fourth-order valence-corrected chi connectivity index (χ4v) is 3.79. The molecule has 0 aliphatic heterocycles. The Labute approximate surface area is 204 Å². The van der Waals surface area contributed by atoms with Crippen LogP contribution in [0.1, 0.15) is 10.4 Å². The Morgan fingerprint density at radius 1 is 0.912 bits per heavy atom. The first kappa shape index (κ1) is 23.1. The van der Waals surface area contributed by atoms with Gasteiger partial charge >= 0.3 is 5.97 Å². The van der Waals surface area contributed by atoms with Crippen molar-refractivity contribution in [2.75, 3.05) is 12.4 Å². The number of carbonyl (C=O) groups excluding carboxylic acids is 2. The molecule has 7 nitrogen and oxygen atoms in total. The summed E-state index contributed by atoms with van der Waals surface area (Å²) in [5.41, 5.74) is 1.75. The lowest BCUT2D eigenvalue weighted by Gasteiger charge is -2.16. The Morgan fingerprint density at radius 2 is 1.50 bits per heavy atom. The molecule has 0 radical (unpaired) electrons. The van der Waals surface area contributed by atoms with Crippen LogP contribution in [-0.2, 0) is 16.1 Å². The van der Waals surface area contributed by atoms with Crippen LogP contribution in [0.4, 0.5) is 5.69 Å². The highest BCUT2D eigenvalue weighted by Crippen LogP contribution is 2.32. The number of halogens is 1. The summed E-state index contributed by atoms with van der Waals surface area (Å²) in [5.74, 6) is -1.26. The Balaban J connectivity index is 1.86. The highest BCUT2D eigenvalue weighted by atomic mass is 79.9. The molecule has 0 spiro atoms. The van der Waals surface area contributed by atoms with E-state index in [1.807, 2.05) is 48.5 Å². The molecule has 4 aromatic rings. The van der Waals surface area contributed by atoms with Crippen molar-refractivity contribution in [3.05, 3.63) is 105 Å². The van der Waals surface area contributed by atoms with Crippen molar-refractivity contribution < 1.29 is 14.3 Å². The lowest BCUT2D eigenvalue weighted by molar-refractivity contribution is -0.117. The number of nitrogens with zero attached hydrogens (tertiary/aromatic N) is 2. The van der Waals surface area contributed by atoms with Gasteiger partial charge in [0.15, 0.2) is 0 Å². The Hall–Kier alpha value is -4.04. The number of ether oxygens (including phenoxy) is 1. The van der Waals surface area contributed by atoms with Crippen LogP contribution in [-0.4, -0.2) is 28.8 Å². The fourth-order valence-electron chi connectivity index (χ4n) is 3.52. The first-order valence-electron chi connectivity index (χ1n) is 10.4. The number of amides is 1. The van der Waals surface area contributed by atoms with Crippen LogP contribution in [0.3, 0.4) is 0 Å². The molecule has 1 N–H and O–H groups in total. The largest absolute Gasteiger partial charge is 0.465 e. The normalized spacial score (nSPS) is 10.5. The molecule has 1 aromatic heterocycles. The lowest BCUT2D eigenvalue weighted by atomic mass is 9.95. The number of hydrogen-bond donors (Lipinski definition) is 1. The molecule has 0 aliphatic rings.